The number of benzene rings is 1. The Labute approximate surface area is 174 Å². The highest BCUT2D eigenvalue weighted by molar-refractivity contribution is 9.10. The Balaban J connectivity index is 1.50. The summed E-state index contributed by atoms with van der Waals surface area (Å²) in [4.78, 5) is 30.2. The van der Waals surface area contributed by atoms with Crippen LogP contribution in [0.15, 0.2) is 33.8 Å². The van der Waals surface area contributed by atoms with Gasteiger partial charge in [-0.15, -0.1) is 0 Å². The van der Waals surface area contributed by atoms with E-state index >= 15 is 0 Å². The number of ether oxygens (including phenoxy) is 1. The van der Waals surface area contributed by atoms with E-state index in [9.17, 15) is 9.59 Å². The molecule has 0 radical (unpaired) electrons. The van der Waals surface area contributed by atoms with Crippen LogP contribution in [-0.4, -0.2) is 41.8 Å². The summed E-state index contributed by atoms with van der Waals surface area (Å²) in [6.45, 7) is 0.616. The highest BCUT2D eigenvalue weighted by Crippen LogP contribution is 2.23. The Kier molecular flexibility index (Phi) is 6.20. The lowest BCUT2D eigenvalue weighted by Crippen LogP contribution is -2.33. The molecule has 3 N–H and O–H groups in total. The fourth-order valence-corrected chi connectivity index (χ4v) is 3.13. The van der Waals surface area contributed by atoms with Crippen molar-refractivity contribution in [2.45, 2.75) is 13.0 Å². The van der Waals surface area contributed by atoms with E-state index in [1.54, 1.807) is 18.0 Å². The van der Waals surface area contributed by atoms with Gasteiger partial charge in [-0.3, -0.25) is 14.8 Å². The number of alkyl carbamates (subject to hydrolysis) is 1. The van der Waals surface area contributed by atoms with E-state index in [0.717, 1.165) is 10.0 Å². The summed E-state index contributed by atoms with van der Waals surface area (Å²) in [6, 6.07) is 5.53. The average molecular weight is 470 g/mol. The van der Waals surface area contributed by atoms with Gasteiger partial charge in [0.05, 0.1) is 11.7 Å². The zero-order valence-electron chi connectivity index (χ0n) is 15.0. The zero-order chi connectivity index (χ0) is 20.3. The summed E-state index contributed by atoms with van der Waals surface area (Å²) < 4.78 is 6.95. The van der Waals surface area contributed by atoms with Crippen molar-refractivity contribution in [3.8, 4) is 0 Å². The Morgan fingerprint density at radius 2 is 2.29 bits per heavy atom. The van der Waals surface area contributed by atoms with Crippen molar-refractivity contribution < 1.29 is 9.53 Å². The molecular weight excluding hydrogens is 452 g/mol. The van der Waals surface area contributed by atoms with Crippen LogP contribution >= 0.6 is 27.5 Å². The first-order valence-corrected chi connectivity index (χ1v) is 9.53. The number of carbonyl (C=O) groups excluding carboxylic acids is 1. The normalized spacial score (nSPS) is 12.3. The standard InChI is InChI=1S/C17H18BrClN6O3/c1-24-8-22-15-14(24)16(26)25(9-23-15)7-13(20)28-17(27)21-5-4-10-2-3-11(18)12(19)6-10/h2-3,6,9,20,22H,4-5,7-8H2,1H3,(H,21,27). The van der Waals surface area contributed by atoms with Gasteiger partial charge in [0.25, 0.3) is 5.56 Å². The number of anilines is 2. The van der Waals surface area contributed by atoms with E-state index in [2.05, 4.69) is 31.5 Å². The Bertz CT molecular complexity index is 980. The van der Waals surface area contributed by atoms with Gasteiger partial charge >= 0.3 is 6.09 Å². The molecule has 0 bridgehead atoms. The number of nitrogens with one attached hydrogen (secondary N) is 3. The van der Waals surface area contributed by atoms with Gasteiger partial charge in [0.2, 0.25) is 5.90 Å². The summed E-state index contributed by atoms with van der Waals surface area (Å²) in [7, 11) is 1.76. The van der Waals surface area contributed by atoms with Gasteiger partial charge in [0.15, 0.2) is 5.82 Å². The molecule has 2 heterocycles. The molecule has 11 heteroatoms. The lowest BCUT2D eigenvalue weighted by atomic mass is 10.1. The Morgan fingerprint density at radius 3 is 3.04 bits per heavy atom. The van der Waals surface area contributed by atoms with Crippen molar-refractivity contribution in [3.05, 3.63) is 49.9 Å². The van der Waals surface area contributed by atoms with Crippen molar-refractivity contribution in [3.63, 3.8) is 0 Å². The van der Waals surface area contributed by atoms with Crippen LogP contribution in [0.3, 0.4) is 0 Å². The summed E-state index contributed by atoms with van der Waals surface area (Å²) in [6.07, 6.45) is 1.12. The molecule has 28 heavy (non-hydrogen) atoms. The van der Waals surface area contributed by atoms with E-state index in [1.807, 2.05) is 12.1 Å². The summed E-state index contributed by atoms with van der Waals surface area (Å²) >= 11 is 9.35. The molecular formula is C17H18BrClN6O3. The first-order chi connectivity index (χ1) is 13.3. The molecule has 0 spiro atoms. The number of nitrogens with zero attached hydrogens (tertiary/aromatic N) is 3. The Hall–Kier alpha value is -2.59. The molecule has 2 aromatic rings. The second-order valence-electron chi connectivity index (χ2n) is 6.15. The largest absolute Gasteiger partial charge is 0.413 e. The first kappa shape index (κ1) is 20.2. The molecule has 0 saturated carbocycles. The van der Waals surface area contributed by atoms with Crippen LogP contribution in [-0.2, 0) is 17.7 Å². The Morgan fingerprint density at radius 1 is 1.50 bits per heavy atom. The molecule has 0 unspecified atom stereocenters. The number of amides is 1. The predicted octanol–water partition coefficient (Wildman–Crippen LogP) is 2.42. The van der Waals surface area contributed by atoms with Gasteiger partial charge in [-0.25, -0.2) is 9.78 Å². The van der Waals surface area contributed by atoms with Crippen LogP contribution in [0, 0.1) is 5.41 Å². The van der Waals surface area contributed by atoms with E-state index in [4.69, 9.17) is 21.7 Å². The summed E-state index contributed by atoms with van der Waals surface area (Å²) in [5.41, 5.74) is 1.07. The molecule has 9 nitrogen and oxygen atoms in total. The molecule has 148 valence electrons. The molecule has 1 aliphatic heterocycles. The van der Waals surface area contributed by atoms with Crippen molar-refractivity contribution >= 4 is 51.0 Å². The second-order valence-corrected chi connectivity index (χ2v) is 7.41. The summed E-state index contributed by atoms with van der Waals surface area (Å²) in [5, 5.41) is 14.0. The van der Waals surface area contributed by atoms with Gasteiger partial charge < -0.3 is 20.3 Å². The molecule has 0 atom stereocenters. The molecule has 1 aliphatic rings. The lowest BCUT2D eigenvalue weighted by Gasteiger charge is -2.12. The van der Waals surface area contributed by atoms with Crippen molar-refractivity contribution in [2.75, 3.05) is 30.5 Å². The average Bonchev–Trinajstić information content (AvgIpc) is 3.02. The minimum absolute atomic E-state index is 0.192. The maximum atomic E-state index is 12.4. The molecule has 0 aliphatic carbocycles. The molecule has 1 aromatic heterocycles. The van der Waals surface area contributed by atoms with Gasteiger partial charge in [0.1, 0.15) is 18.6 Å². The zero-order valence-corrected chi connectivity index (χ0v) is 17.3. The van der Waals surface area contributed by atoms with Gasteiger partial charge in [-0.05, 0) is 40.0 Å². The van der Waals surface area contributed by atoms with Crippen LogP contribution < -0.4 is 21.1 Å². The highest BCUT2D eigenvalue weighted by Gasteiger charge is 2.22. The molecule has 1 aromatic carbocycles. The van der Waals surface area contributed by atoms with Gasteiger partial charge in [-0.2, -0.15) is 0 Å². The second kappa shape index (κ2) is 8.61. The van der Waals surface area contributed by atoms with Gasteiger partial charge in [0, 0.05) is 18.1 Å². The van der Waals surface area contributed by atoms with E-state index in [-0.39, 0.29) is 18.0 Å². The van der Waals surface area contributed by atoms with Crippen LogP contribution in [0.4, 0.5) is 16.3 Å². The SMILES string of the molecule is CN1CNc2ncn(CC(=N)OC(=O)NCCc3ccc(Br)c(Cl)c3)c(=O)c21. The molecule has 1 amide bonds. The summed E-state index contributed by atoms with van der Waals surface area (Å²) in [5.74, 6) is 0.142. The molecule has 0 saturated heterocycles. The predicted molar refractivity (Wildman–Crippen MR) is 110 cm³/mol. The van der Waals surface area contributed by atoms with Crippen LogP contribution in [0.25, 0.3) is 0 Å². The monoisotopic (exact) mass is 468 g/mol. The number of rotatable bonds is 5. The topological polar surface area (TPSA) is 112 Å². The molecule has 3 rings (SSSR count). The minimum atomic E-state index is -0.755. The number of fused-ring (bicyclic) bond motifs is 1. The maximum absolute atomic E-state index is 12.4. The van der Waals surface area contributed by atoms with Crippen LogP contribution in [0.1, 0.15) is 5.56 Å². The van der Waals surface area contributed by atoms with Crippen LogP contribution in [0.5, 0.6) is 0 Å². The fourth-order valence-electron chi connectivity index (χ4n) is 2.68. The van der Waals surface area contributed by atoms with Crippen LogP contribution in [0.2, 0.25) is 5.02 Å². The van der Waals surface area contributed by atoms with Crippen molar-refractivity contribution in [2.24, 2.45) is 0 Å². The minimum Gasteiger partial charge on any atom is -0.394 e. The lowest BCUT2D eigenvalue weighted by molar-refractivity contribution is 0.195. The number of hydrogen-bond acceptors (Lipinski definition) is 7. The van der Waals surface area contributed by atoms with Gasteiger partial charge in [-0.1, -0.05) is 17.7 Å². The number of halogens is 2. The van der Waals surface area contributed by atoms with Crippen molar-refractivity contribution in [1.29, 1.82) is 5.41 Å². The van der Waals surface area contributed by atoms with Crippen molar-refractivity contribution in [1.82, 2.24) is 14.9 Å². The number of carbonyl (C=O) groups is 1. The maximum Gasteiger partial charge on any atom is 0.413 e. The first-order valence-electron chi connectivity index (χ1n) is 8.36. The third-order valence-electron chi connectivity index (χ3n) is 4.08. The fraction of sp³-hybridized carbons (Fsp3) is 0.294. The third-order valence-corrected chi connectivity index (χ3v) is 5.31. The number of aromatic nitrogens is 2. The smallest absolute Gasteiger partial charge is 0.394 e. The van der Waals surface area contributed by atoms with E-state index < -0.39 is 6.09 Å². The quantitative estimate of drug-likeness (QED) is 0.458. The van der Waals surface area contributed by atoms with E-state index in [1.165, 1.54) is 10.9 Å². The highest BCUT2D eigenvalue weighted by atomic mass is 79.9. The number of hydrogen-bond donors (Lipinski definition) is 3. The third kappa shape index (κ3) is 4.63. The van der Waals surface area contributed by atoms with E-state index in [0.29, 0.717) is 36.2 Å². The molecule has 0 fully saturated rings.